The number of hydrogen-bond acceptors (Lipinski definition) is 5. The van der Waals surface area contributed by atoms with Crippen molar-refractivity contribution < 1.29 is 17.6 Å². The summed E-state index contributed by atoms with van der Waals surface area (Å²) in [5, 5.41) is 13.1. The first-order valence-electron chi connectivity index (χ1n) is 9.67. The summed E-state index contributed by atoms with van der Waals surface area (Å²) < 4.78 is 53.8. The largest absolute Gasteiger partial charge is 0.416 e. The summed E-state index contributed by atoms with van der Waals surface area (Å²) in [7, 11) is 2.05. The first-order valence-corrected chi connectivity index (χ1v) is 9.67. The Balaban J connectivity index is 1.79. The van der Waals surface area contributed by atoms with E-state index in [0.29, 0.717) is 22.7 Å². The molecule has 0 spiro atoms. The fourth-order valence-electron chi connectivity index (χ4n) is 3.97. The highest BCUT2D eigenvalue weighted by Crippen LogP contribution is 2.37. The lowest BCUT2D eigenvalue weighted by Gasteiger charge is -2.30. The molecule has 30 heavy (non-hydrogen) atoms. The number of rotatable bonds is 3. The Kier molecular flexibility index (Phi) is 5.31. The zero-order valence-corrected chi connectivity index (χ0v) is 16.6. The van der Waals surface area contributed by atoms with Gasteiger partial charge < -0.3 is 10.2 Å². The van der Waals surface area contributed by atoms with E-state index < -0.39 is 17.6 Å². The number of benzene rings is 1. The molecule has 1 fully saturated rings. The molecule has 3 heterocycles. The van der Waals surface area contributed by atoms with Gasteiger partial charge >= 0.3 is 6.18 Å². The van der Waals surface area contributed by atoms with Crippen LogP contribution >= 0.6 is 0 Å². The molecular formula is C21H21F4N5. The number of piperidine rings is 1. The fraction of sp³-hybridized carbons (Fsp3) is 0.381. The van der Waals surface area contributed by atoms with Gasteiger partial charge in [-0.3, -0.25) is 4.98 Å². The van der Waals surface area contributed by atoms with Crippen molar-refractivity contribution in [2.24, 2.45) is 0 Å². The third-order valence-corrected chi connectivity index (χ3v) is 5.40. The number of nitrogens with one attached hydrogen (secondary N) is 1. The maximum atomic E-state index is 14.8. The van der Waals surface area contributed by atoms with E-state index in [-0.39, 0.29) is 22.9 Å². The van der Waals surface area contributed by atoms with Crippen LogP contribution in [0.15, 0.2) is 30.6 Å². The molecular weight excluding hydrogens is 398 g/mol. The van der Waals surface area contributed by atoms with Crippen molar-refractivity contribution in [1.29, 1.82) is 0 Å². The van der Waals surface area contributed by atoms with Gasteiger partial charge in [-0.05, 0) is 57.1 Å². The summed E-state index contributed by atoms with van der Waals surface area (Å²) in [6.45, 7) is 3.34. The quantitative estimate of drug-likeness (QED) is 0.626. The van der Waals surface area contributed by atoms with E-state index in [2.05, 4.69) is 32.4 Å². The molecule has 0 unspecified atom stereocenters. The molecule has 1 aromatic carbocycles. The van der Waals surface area contributed by atoms with E-state index in [0.717, 1.165) is 32.0 Å². The van der Waals surface area contributed by atoms with Gasteiger partial charge in [0.2, 0.25) is 0 Å². The number of hydrogen-bond donors (Lipinski definition) is 1. The van der Waals surface area contributed by atoms with Crippen molar-refractivity contribution in [1.82, 2.24) is 20.1 Å². The van der Waals surface area contributed by atoms with Crippen LogP contribution in [0.5, 0.6) is 0 Å². The highest BCUT2D eigenvalue weighted by atomic mass is 19.4. The standard InChI is InChI=1S/C21H21F4N5/c1-12-8-13(21(23,24)25)9-17(22)18(12)19-15-5-6-26-10-16(15)20(29-28-19)27-14-4-3-7-30(2)11-14/h5-6,8-10,14H,3-4,7,11H2,1-2H3,(H,27,29)/t14-/m1/s1. The molecule has 3 aromatic rings. The molecule has 4 rings (SSSR count). The van der Waals surface area contributed by atoms with Crippen LogP contribution in [-0.4, -0.2) is 46.3 Å². The zero-order chi connectivity index (χ0) is 21.5. The van der Waals surface area contributed by atoms with Gasteiger partial charge in [-0.15, -0.1) is 10.2 Å². The van der Waals surface area contributed by atoms with Gasteiger partial charge in [-0.25, -0.2) is 4.39 Å². The van der Waals surface area contributed by atoms with Crippen molar-refractivity contribution in [2.75, 3.05) is 25.5 Å². The Labute approximate surface area is 171 Å². The first kappa shape index (κ1) is 20.5. The van der Waals surface area contributed by atoms with Crippen molar-refractivity contribution in [2.45, 2.75) is 32.0 Å². The molecule has 1 aliphatic heterocycles. The van der Waals surface area contributed by atoms with Gasteiger partial charge in [-0.2, -0.15) is 13.2 Å². The average Bonchev–Trinajstić information content (AvgIpc) is 2.68. The number of halogens is 4. The highest BCUT2D eigenvalue weighted by molar-refractivity contribution is 6.00. The third-order valence-electron chi connectivity index (χ3n) is 5.40. The minimum absolute atomic E-state index is 0.00986. The lowest BCUT2D eigenvalue weighted by atomic mass is 9.98. The second kappa shape index (κ2) is 7.79. The monoisotopic (exact) mass is 419 g/mol. The molecule has 0 amide bonds. The molecule has 1 saturated heterocycles. The predicted octanol–water partition coefficient (Wildman–Crippen LogP) is 4.66. The number of aromatic nitrogens is 3. The minimum Gasteiger partial charge on any atom is -0.364 e. The smallest absolute Gasteiger partial charge is 0.364 e. The van der Waals surface area contributed by atoms with E-state index in [4.69, 9.17) is 0 Å². The molecule has 0 saturated carbocycles. The van der Waals surface area contributed by atoms with Crippen LogP contribution in [0.1, 0.15) is 24.0 Å². The van der Waals surface area contributed by atoms with Crippen molar-refractivity contribution >= 4 is 16.6 Å². The zero-order valence-electron chi connectivity index (χ0n) is 16.6. The maximum Gasteiger partial charge on any atom is 0.416 e. The SMILES string of the molecule is Cc1cc(C(F)(F)F)cc(F)c1-c1nnc(N[C@@H]2CCCN(C)C2)c2cnccc12. The van der Waals surface area contributed by atoms with Gasteiger partial charge in [0, 0.05) is 41.3 Å². The molecule has 9 heteroatoms. The molecule has 0 radical (unpaired) electrons. The summed E-state index contributed by atoms with van der Waals surface area (Å²) in [6, 6.07) is 3.29. The van der Waals surface area contributed by atoms with E-state index in [9.17, 15) is 17.6 Å². The van der Waals surface area contributed by atoms with Crippen LogP contribution in [0.2, 0.25) is 0 Å². The average molecular weight is 419 g/mol. The van der Waals surface area contributed by atoms with Gasteiger partial charge in [-0.1, -0.05) is 0 Å². The second-order valence-corrected chi connectivity index (χ2v) is 7.71. The van der Waals surface area contributed by atoms with E-state index in [1.54, 1.807) is 18.5 Å². The highest BCUT2D eigenvalue weighted by Gasteiger charge is 2.32. The summed E-state index contributed by atoms with van der Waals surface area (Å²) in [5.74, 6) is -0.448. The van der Waals surface area contributed by atoms with Gasteiger partial charge in [0.15, 0.2) is 5.82 Å². The minimum atomic E-state index is -4.62. The second-order valence-electron chi connectivity index (χ2n) is 7.71. The molecule has 1 N–H and O–H groups in total. The van der Waals surface area contributed by atoms with E-state index >= 15 is 0 Å². The fourth-order valence-corrected chi connectivity index (χ4v) is 3.97. The molecule has 158 valence electrons. The number of nitrogens with zero attached hydrogens (tertiary/aromatic N) is 4. The molecule has 1 aliphatic rings. The van der Waals surface area contributed by atoms with Crippen molar-refractivity contribution in [3.05, 3.63) is 47.5 Å². The summed E-state index contributed by atoms with van der Waals surface area (Å²) in [6.07, 6.45) is 0.583. The summed E-state index contributed by atoms with van der Waals surface area (Å²) in [4.78, 5) is 6.37. The van der Waals surface area contributed by atoms with Gasteiger partial charge in [0.1, 0.15) is 11.5 Å². The Morgan fingerprint density at radius 1 is 1.17 bits per heavy atom. The number of alkyl halides is 3. The first-order chi connectivity index (χ1) is 14.2. The predicted molar refractivity (Wildman–Crippen MR) is 107 cm³/mol. The van der Waals surface area contributed by atoms with Crippen LogP contribution in [0, 0.1) is 12.7 Å². The topological polar surface area (TPSA) is 53.9 Å². The lowest BCUT2D eigenvalue weighted by Crippen LogP contribution is -2.40. The number of likely N-dealkylation sites (tertiary alicyclic amines) is 1. The molecule has 0 bridgehead atoms. The van der Waals surface area contributed by atoms with Crippen LogP contribution < -0.4 is 5.32 Å². The summed E-state index contributed by atoms with van der Waals surface area (Å²) >= 11 is 0. The van der Waals surface area contributed by atoms with Crippen LogP contribution in [-0.2, 0) is 6.18 Å². The number of pyridine rings is 1. The normalized spacial score (nSPS) is 18.0. The van der Waals surface area contributed by atoms with Gasteiger partial charge in [0.25, 0.3) is 0 Å². The Morgan fingerprint density at radius 3 is 2.67 bits per heavy atom. The Hall–Kier alpha value is -2.81. The van der Waals surface area contributed by atoms with Crippen LogP contribution in [0.25, 0.3) is 22.0 Å². The third kappa shape index (κ3) is 3.94. The number of fused-ring (bicyclic) bond motifs is 1. The lowest BCUT2D eigenvalue weighted by molar-refractivity contribution is -0.137. The van der Waals surface area contributed by atoms with E-state index in [1.807, 2.05) is 0 Å². The number of aryl methyl sites for hydroxylation is 1. The molecule has 2 aromatic heterocycles. The van der Waals surface area contributed by atoms with E-state index in [1.165, 1.54) is 6.92 Å². The Morgan fingerprint density at radius 2 is 1.97 bits per heavy atom. The molecule has 5 nitrogen and oxygen atoms in total. The van der Waals surface area contributed by atoms with Crippen molar-refractivity contribution in [3.8, 4) is 11.3 Å². The number of likely N-dealkylation sites (N-methyl/N-ethyl adjacent to an activating group) is 1. The molecule has 1 atom stereocenters. The maximum absolute atomic E-state index is 14.8. The van der Waals surface area contributed by atoms with Gasteiger partial charge in [0.05, 0.1) is 5.56 Å². The Bertz CT molecular complexity index is 1060. The van der Waals surface area contributed by atoms with Crippen molar-refractivity contribution in [3.63, 3.8) is 0 Å². The number of anilines is 1. The van der Waals surface area contributed by atoms with Crippen LogP contribution in [0.3, 0.4) is 0 Å². The molecule has 0 aliphatic carbocycles. The summed E-state index contributed by atoms with van der Waals surface area (Å²) in [5.41, 5.74) is -0.678. The van der Waals surface area contributed by atoms with Crippen LogP contribution in [0.4, 0.5) is 23.4 Å².